The lowest BCUT2D eigenvalue weighted by Crippen LogP contribution is -2.05. The normalized spacial score (nSPS) is 14.9. The van der Waals surface area contributed by atoms with Crippen molar-refractivity contribution in [2.45, 2.75) is 13.8 Å². The first-order chi connectivity index (χ1) is 13.0. The molecule has 0 aliphatic carbocycles. The van der Waals surface area contributed by atoms with E-state index in [-0.39, 0.29) is 5.70 Å². The minimum Gasteiger partial charge on any atom is -0.490 e. The molecule has 3 rings (SSSR count). The van der Waals surface area contributed by atoms with Gasteiger partial charge in [0.05, 0.1) is 16.8 Å². The van der Waals surface area contributed by atoms with Gasteiger partial charge in [-0.15, -0.1) is 0 Å². The number of nitrogens with zero attached hydrogens (tertiary/aromatic N) is 1. The van der Waals surface area contributed by atoms with Crippen molar-refractivity contribution in [3.63, 3.8) is 0 Å². The molecule has 5 nitrogen and oxygen atoms in total. The highest BCUT2D eigenvalue weighted by Crippen LogP contribution is 2.35. The van der Waals surface area contributed by atoms with Gasteiger partial charge in [-0.05, 0) is 107 Å². The summed E-state index contributed by atoms with van der Waals surface area (Å²) in [5.74, 6) is 1.20. The summed E-state index contributed by atoms with van der Waals surface area (Å²) >= 11 is 4.42. The van der Waals surface area contributed by atoms with Gasteiger partial charge in [0.25, 0.3) is 0 Å². The number of benzene rings is 2. The third-order valence-electron chi connectivity index (χ3n) is 3.64. The third kappa shape index (κ3) is 4.81. The van der Waals surface area contributed by atoms with E-state index in [9.17, 15) is 4.79 Å². The van der Waals surface area contributed by atoms with E-state index in [0.717, 1.165) is 18.3 Å². The zero-order chi connectivity index (χ0) is 19.4. The predicted octanol–water partition coefficient (Wildman–Crippen LogP) is 5.04. The number of halogens is 2. The molecule has 0 amide bonds. The monoisotopic (exact) mass is 589 g/mol. The van der Waals surface area contributed by atoms with Gasteiger partial charge in [-0.1, -0.05) is 0 Å². The first-order valence-corrected chi connectivity index (χ1v) is 10.5. The molecule has 27 heavy (non-hydrogen) atoms. The highest BCUT2D eigenvalue weighted by molar-refractivity contribution is 14.1. The lowest BCUT2D eigenvalue weighted by atomic mass is 10.1. The average Bonchev–Trinajstić information content (AvgIpc) is 2.99. The van der Waals surface area contributed by atoms with Gasteiger partial charge in [-0.2, -0.15) is 0 Å². The van der Waals surface area contributed by atoms with Crippen molar-refractivity contribution in [2.24, 2.45) is 4.99 Å². The minimum atomic E-state index is -0.467. The van der Waals surface area contributed by atoms with Gasteiger partial charge in [0.15, 0.2) is 17.2 Å². The van der Waals surface area contributed by atoms with Gasteiger partial charge in [-0.3, -0.25) is 0 Å². The van der Waals surface area contributed by atoms with Crippen LogP contribution < -0.4 is 9.47 Å². The fourth-order valence-corrected chi connectivity index (χ4v) is 3.64. The van der Waals surface area contributed by atoms with E-state index in [1.165, 1.54) is 0 Å². The summed E-state index contributed by atoms with van der Waals surface area (Å²) in [5.41, 5.74) is 1.82. The smallest absolute Gasteiger partial charge is 0.363 e. The van der Waals surface area contributed by atoms with Crippen LogP contribution in [0.5, 0.6) is 11.5 Å². The van der Waals surface area contributed by atoms with Crippen LogP contribution in [0.3, 0.4) is 0 Å². The number of hydrogen-bond acceptors (Lipinski definition) is 5. The number of esters is 1. The molecule has 0 aromatic heterocycles. The summed E-state index contributed by atoms with van der Waals surface area (Å²) in [6.45, 7) is 4.91. The molecule has 2 aromatic carbocycles. The summed E-state index contributed by atoms with van der Waals surface area (Å²) in [5, 5.41) is 0. The van der Waals surface area contributed by atoms with Crippen LogP contribution in [0.4, 0.5) is 0 Å². The minimum absolute atomic E-state index is 0.256. The Labute approximate surface area is 185 Å². The Morgan fingerprint density at radius 2 is 1.78 bits per heavy atom. The molecule has 1 aliphatic heterocycles. The van der Waals surface area contributed by atoms with E-state index >= 15 is 0 Å². The highest BCUT2D eigenvalue weighted by atomic mass is 127. The topological polar surface area (TPSA) is 57.1 Å². The number of cyclic esters (lactones) is 1. The zero-order valence-corrected chi connectivity index (χ0v) is 19.1. The number of ether oxygens (including phenoxy) is 3. The van der Waals surface area contributed by atoms with Crippen molar-refractivity contribution in [1.29, 1.82) is 0 Å². The third-order valence-corrected chi connectivity index (χ3v) is 5.16. The van der Waals surface area contributed by atoms with E-state index in [4.69, 9.17) is 14.2 Å². The van der Waals surface area contributed by atoms with Crippen molar-refractivity contribution in [3.8, 4) is 11.5 Å². The van der Waals surface area contributed by atoms with Gasteiger partial charge in [0, 0.05) is 9.13 Å². The maximum Gasteiger partial charge on any atom is 0.363 e. The maximum absolute atomic E-state index is 12.2. The summed E-state index contributed by atoms with van der Waals surface area (Å²) < 4.78 is 18.7. The molecule has 140 valence electrons. The van der Waals surface area contributed by atoms with Crippen LogP contribution >= 0.6 is 45.2 Å². The standard InChI is InChI=1S/C20H17I2NO4/c1-3-25-17-11-12(9-15(22)18(17)26-4-2)10-16-20(24)27-19(23-16)13-5-7-14(21)8-6-13/h5-11H,3-4H2,1-2H3/b16-10-. The highest BCUT2D eigenvalue weighted by Gasteiger charge is 2.24. The average molecular weight is 589 g/mol. The van der Waals surface area contributed by atoms with Crippen LogP contribution in [0, 0.1) is 7.14 Å². The molecular weight excluding hydrogens is 572 g/mol. The molecule has 1 aliphatic rings. The Bertz CT molecular complexity index is 920. The molecule has 0 unspecified atom stereocenters. The Kier molecular flexibility index (Phi) is 6.74. The summed E-state index contributed by atoms with van der Waals surface area (Å²) in [7, 11) is 0. The van der Waals surface area contributed by atoms with Gasteiger partial charge < -0.3 is 14.2 Å². The van der Waals surface area contributed by atoms with E-state index in [1.54, 1.807) is 6.08 Å². The van der Waals surface area contributed by atoms with E-state index in [1.807, 2.05) is 50.2 Å². The number of carbonyl (C=O) groups excluding carboxylic acids is 1. The molecule has 0 spiro atoms. The van der Waals surface area contributed by atoms with Gasteiger partial charge >= 0.3 is 5.97 Å². The number of rotatable bonds is 6. The molecule has 0 fully saturated rings. The summed E-state index contributed by atoms with van der Waals surface area (Å²) in [6.07, 6.45) is 1.70. The van der Waals surface area contributed by atoms with Crippen LogP contribution in [0.1, 0.15) is 25.0 Å². The molecule has 2 aromatic rings. The van der Waals surface area contributed by atoms with Crippen LogP contribution in [0.15, 0.2) is 47.1 Å². The largest absolute Gasteiger partial charge is 0.490 e. The zero-order valence-electron chi connectivity index (χ0n) is 14.8. The fourth-order valence-electron chi connectivity index (χ4n) is 2.50. The van der Waals surface area contributed by atoms with Crippen molar-refractivity contribution in [2.75, 3.05) is 13.2 Å². The first kappa shape index (κ1) is 20.1. The van der Waals surface area contributed by atoms with Crippen molar-refractivity contribution in [3.05, 3.63) is 60.4 Å². The lowest BCUT2D eigenvalue weighted by Gasteiger charge is -2.13. The second-order valence-corrected chi connectivity index (χ2v) is 7.95. The van der Waals surface area contributed by atoms with Gasteiger partial charge in [0.2, 0.25) is 5.90 Å². The van der Waals surface area contributed by atoms with Crippen LogP contribution in [0.25, 0.3) is 6.08 Å². The predicted molar refractivity (Wildman–Crippen MR) is 121 cm³/mol. The Morgan fingerprint density at radius 3 is 2.44 bits per heavy atom. The first-order valence-electron chi connectivity index (χ1n) is 8.39. The molecule has 0 saturated heterocycles. The Hall–Kier alpha value is -1.62. The molecule has 0 N–H and O–H groups in total. The molecule has 0 radical (unpaired) electrons. The second-order valence-electron chi connectivity index (χ2n) is 5.54. The van der Waals surface area contributed by atoms with Crippen LogP contribution in [-0.2, 0) is 9.53 Å². The summed E-state index contributed by atoms with van der Waals surface area (Å²) in [4.78, 5) is 16.6. The van der Waals surface area contributed by atoms with E-state index in [0.29, 0.717) is 30.6 Å². The molecular formula is C20H17I2NO4. The van der Waals surface area contributed by atoms with Crippen LogP contribution in [0.2, 0.25) is 0 Å². The Morgan fingerprint density at radius 1 is 1.07 bits per heavy atom. The van der Waals surface area contributed by atoms with Crippen molar-refractivity contribution >= 4 is 63.1 Å². The molecule has 0 saturated carbocycles. The van der Waals surface area contributed by atoms with Gasteiger partial charge in [-0.25, -0.2) is 9.79 Å². The molecule has 7 heteroatoms. The quantitative estimate of drug-likeness (QED) is 0.270. The van der Waals surface area contributed by atoms with Crippen LogP contribution in [-0.4, -0.2) is 25.1 Å². The Balaban J connectivity index is 1.95. The molecule has 0 atom stereocenters. The molecule has 0 bridgehead atoms. The summed E-state index contributed by atoms with van der Waals surface area (Å²) in [6, 6.07) is 11.4. The number of aliphatic imine (C=N–C) groups is 1. The number of hydrogen-bond donors (Lipinski definition) is 0. The maximum atomic E-state index is 12.2. The second kappa shape index (κ2) is 9.05. The molecule has 1 heterocycles. The SMILES string of the molecule is CCOc1cc(/C=C2\N=C(c3ccc(I)cc3)OC2=O)cc(I)c1OCC. The van der Waals surface area contributed by atoms with E-state index < -0.39 is 5.97 Å². The fraction of sp³-hybridized carbons (Fsp3) is 0.200. The van der Waals surface area contributed by atoms with Crippen molar-refractivity contribution < 1.29 is 19.0 Å². The number of carbonyl (C=O) groups is 1. The van der Waals surface area contributed by atoms with Gasteiger partial charge in [0.1, 0.15) is 0 Å². The lowest BCUT2D eigenvalue weighted by molar-refractivity contribution is -0.129. The van der Waals surface area contributed by atoms with Crippen molar-refractivity contribution in [1.82, 2.24) is 0 Å². The van der Waals surface area contributed by atoms with E-state index in [2.05, 4.69) is 50.2 Å².